The second-order valence-corrected chi connectivity index (χ2v) is 6.74. The minimum atomic E-state index is 0.0705. The van der Waals surface area contributed by atoms with Gasteiger partial charge in [-0.1, -0.05) is 49.7 Å². The van der Waals surface area contributed by atoms with Crippen molar-refractivity contribution in [3.8, 4) is 0 Å². The Morgan fingerprint density at radius 3 is 2.38 bits per heavy atom. The van der Waals surface area contributed by atoms with Crippen LogP contribution in [0, 0.1) is 0 Å². The lowest BCUT2D eigenvalue weighted by atomic mass is 9.84. The number of nitrogen functional groups attached to an aromatic ring is 1. The monoisotopic (exact) mass is 302 g/mol. The van der Waals surface area contributed by atoms with Crippen LogP contribution in [0.25, 0.3) is 0 Å². The molecule has 0 aliphatic carbocycles. The summed E-state index contributed by atoms with van der Waals surface area (Å²) < 4.78 is 0. The molecule has 2 N–H and O–H groups in total. The third-order valence-electron chi connectivity index (χ3n) is 3.70. The van der Waals surface area contributed by atoms with E-state index < -0.39 is 0 Å². The quantitative estimate of drug-likeness (QED) is 0.833. The van der Waals surface area contributed by atoms with E-state index in [1.165, 1.54) is 11.1 Å². The zero-order valence-corrected chi connectivity index (χ0v) is 13.7. The minimum Gasteiger partial charge on any atom is -0.399 e. The van der Waals surface area contributed by atoms with Gasteiger partial charge in [-0.15, -0.1) is 0 Å². The Kier molecular flexibility index (Phi) is 4.92. The van der Waals surface area contributed by atoms with Crippen LogP contribution in [0.4, 0.5) is 5.69 Å². The van der Waals surface area contributed by atoms with Crippen LogP contribution in [0.5, 0.6) is 0 Å². The molecule has 0 amide bonds. The predicted molar refractivity (Wildman–Crippen MR) is 91.7 cm³/mol. The first-order valence-electron chi connectivity index (χ1n) is 7.16. The van der Waals surface area contributed by atoms with Gasteiger partial charge < -0.3 is 10.6 Å². The van der Waals surface area contributed by atoms with Crippen molar-refractivity contribution in [1.82, 2.24) is 4.90 Å². The summed E-state index contributed by atoms with van der Waals surface area (Å²) in [6.07, 6.45) is 0. The fraction of sp³-hybridized carbons (Fsp3) is 0.333. The van der Waals surface area contributed by atoms with Gasteiger partial charge in [-0.25, -0.2) is 0 Å². The Labute approximate surface area is 132 Å². The Balaban J connectivity index is 2.03. The smallest absolute Gasteiger partial charge is 0.0409 e. The van der Waals surface area contributed by atoms with Gasteiger partial charge in [0.2, 0.25) is 0 Å². The molecule has 0 radical (unpaired) electrons. The van der Waals surface area contributed by atoms with Crippen LogP contribution >= 0.6 is 11.6 Å². The molecule has 0 aliphatic heterocycles. The standard InChI is InChI=1S/C18H23ClN2/c1-18(2,15-7-9-17(20)10-8-15)13-21(3)12-14-5-4-6-16(19)11-14/h4-11H,12-13,20H2,1-3H3. The molecular weight excluding hydrogens is 280 g/mol. The molecule has 0 bridgehead atoms. The molecule has 0 saturated carbocycles. The first-order chi connectivity index (χ1) is 9.87. The number of rotatable bonds is 5. The number of nitrogens with two attached hydrogens (primary N) is 1. The molecule has 0 saturated heterocycles. The van der Waals surface area contributed by atoms with E-state index in [-0.39, 0.29) is 5.41 Å². The average Bonchev–Trinajstić information content (AvgIpc) is 2.38. The average molecular weight is 303 g/mol. The number of benzene rings is 2. The highest BCUT2D eigenvalue weighted by molar-refractivity contribution is 6.30. The molecule has 0 heterocycles. The largest absolute Gasteiger partial charge is 0.399 e. The first kappa shape index (κ1) is 15.9. The van der Waals surface area contributed by atoms with Crippen LogP contribution in [0.1, 0.15) is 25.0 Å². The Hall–Kier alpha value is -1.51. The Morgan fingerprint density at radius 1 is 1.10 bits per heavy atom. The van der Waals surface area contributed by atoms with E-state index in [0.29, 0.717) is 0 Å². The molecule has 21 heavy (non-hydrogen) atoms. The van der Waals surface area contributed by atoms with E-state index in [9.17, 15) is 0 Å². The lowest BCUT2D eigenvalue weighted by molar-refractivity contribution is 0.261. The highest BCUT2D eigenvalue weighted by Crippen LogP contribution is 2.25. The van der Waals surface area contributed by atoms with E-state index in [2.05, 4.69) is 44.0 Å². The van der Waals surface area contributed by atoms with Crippen molar-refractivity contribution in [2.45, 2.75) is 25.8 Å². The normalized spacial score (nSPS) is 11.9. The van der Waals surface area contributed by atoms with E-state index in [4.69, 9.17) is 17.3 Å². The van der Waals surface area contributed by atoms with Crippen molar-refractivity contribution in [2.24, 2.45) is 0 Å². The third-order valence-corrected chi connectivity index (χ3v) is 3.93. The topological polar surface area (TPSA) is 29.3 Å². The molecular formula is C18H23ClN2. The first-order valence-corrected chi connectivity index (χ1v) is 7.54. The highest BCUT2D eigenvalue weighted by Gasteiger charge is 2.22. The van der Waals surface area contributed by atoms with Crippen LogP contribution < -0.4 is 5.73 Å². The molecule has 2 rings (SSSR count). The third kappa shape index (κ3) is 4.48. The van der Waals surface area contributed by atoms with Gasteiger partial charge in [0.25, 0.3) is 0 Å². The van der Waals surface area contributed by atoms with E-state index >= 15 is 0 Å². The van der Waals surface area contributed by atoms with Gasteiger partial charge in [-0.2, -0.15) is 0 Å². The van der Waals surface area contributed by atoms with Gasteiger partial charge in [0, 0.05) is 29.2 Å². The SMILES string of the molecule is CN(Cc1cccc(Cl)c1)CC(C)(C)c1ccc(N)cc1. The lowest BCUT2D eigenvalue weighted by Crippen LogP contribution is -2.34. The molecule has 0 aliphatic rings. The lowest BCUT2D eigenvalue weighted by Gasteiger charge is -2.31. The maximum absolute atomic E-state index is 6.04. The van der Waals surface area contributed by atoms with Crippen molar-refractivity contribution < 1.29 is 0 Å². The minimum absolute atomic E-state index is 0.0705. The number of halogens is 1. The number of hydrogen-bond donors (Lipinski definition) is 1. The summed E-state index contributed by atoms with van der Waals surface area (Å²) in [5, 5.41) is 0.790. The fourth-order valence-electron chi connectivity index (χ4n) is 2.70. The fourth-order valence-corrected chi connectivity index (χ4v) is 2.92. The van der Waals surface area contributed by atoms with Gasteiger partial charge in [0.1, 0.15) is 0 Å². The Morgan fingerprint density at radius 2 is 1.76 bits per heavy atom. The molecule has 0 atom stereocenters. The number of anilines is 1. The summed E-state index contributed by atoms with van der Waals surface area (Å²) in [6, 6.07) is 16.2. The highest BCUT2D eigenvalue weighted by atomic mass is 35.5. The number of nitrogens with zero attached hydrogens (tertiary/aromatic N) is 1. The van der Waals surface area contributed by atoms with Crippen molar-refractivity contribution in [3.05, 3.63) is 64.7 Å². The second kappa shape index (κ2) is 6.50. The molecule has 0 spiro atoms. The van der Waals surface area contributed by atoms with Gasteiger partial charge in [0.15, 0.2) is 0 Å². The van der Waals surface area contributed by atoms with Gasteiger partial charge in [-0.05, 0) is 42.4 Å². The predicted octanol–water partition coefficient (Wildman–Crippen LogP) is 4.33. The van der Waals surface area contributed by atoms with Crippen LogP contribution in [-0.4, -0.2) is 18.5 Å². The number of hydrogen-bond acceptors (Lipinski definition) is 2. The van der Waals surface area contributed by atoms with Gasteiger partial charge in [0.05, 0.1) is 0 Å². The summed E-state index contributed by atoms with van der Waals surface area (Å²) in [6.45, 7) is 6.36. The zero-order valence-electron chi connectivity index (χ0n) is 12.9. The molecule has 0 aromatic heterocycles. The maximum Gasteiger partial charge on any atom is 0.0409 e. The summed E-state index contributed by atoms with van der Waals surface area (Å²) in [7, 11) is 2.14. The summed E-state index contributed by atoms with van der Waals surface area (Å²) >= 11 is 6.04. The van der Waals surface area contributed by atoms with Gasteiger partial charge >= 0.3 is 0 Å². The van der Waals surface area contributed by atoms with Crippen molar-refractivity contribution in [3.63, 3.8) is 0 Å². The molecule has 112 valence electrons. The zero-order chi connectivity index (χ0) is 15.5. The molecule has 2 aromatic rings. The molecule has 0 fully saturated rings. The van der Waals surface area contributed by atoms with Crippen molar-refractivity contribution in [2.75, 3.05) is 19.3 Å². The van der Waals surface area contributed by atoms with E-state index in [1.807, 2.05) is 30.3 Å². The molecule has 2 nitrogen and oxygen atoms in total. The van der Waals surface area contributed by atoms with E-state index in [0.717, 1.165) is 23.8 Å². The van der Waals surface area contributed by atoms with Crippen LogP contribution in [0.3, 0.4) is 0 Å². The van der Waals surface area contributed by atoms with Crippen LogP contribution in [0.2, 0.25) is 5.02 Å². The molecule has 0 unspecified atom stereocenters. The van der Waals surface area contributed by atoms with Crippen molar-refractivity contribution in [1.29, 1.82) is 0 Å². The van der Waals surface area contributed by atoms with Gasteiger partial charge in [-0.3, -0.25) is 0 Å². The summed E-state index contributed by atoms with van der Waals surface area (Å²) in [5.41, 5.74) is 9.18. The van der Waals surface area contributed by atoms with Crippen LogP contribution in [0.15, 0.2) is 48.5 Å². The van der Waals surface area contributed by atoms with E-state index in [1.54, 1.807) is 0 Å². The summed E-state index contributed by atoms with van der Waals surface area (Å²) in [4.78, 5) is 2.32. The van der Waals surface area contributed by atoms with Crippen molar-refractivity contribution >= 4 is 17.3 Å². The summed E-state index contributed by atoms with van der Waals surface area (Å²) in [5.74, 6) is 0. The number of likely N-dealkylation sites (N-methyl/N-ethyl adjacent to an activating group) is 1. The second-order valence-electron chi connectivity index (χ2n) is 6.31. The Bertz CT molecular complexity index is 590. The maximum atomic E-state index is 6.04. The van der Waals surface area contributed by atoms with Crippen LogP contribution in [-0.2, 0) is 12.0 Å². The molecule has 2 aromatic carbocycles. The molecule has 3 heteroatoms.